The smallest absolute Gasteiger partial charge is 0.378 e. The Bertz CT molecular complexity index is 1470. The molecule has 1 N–H and O–H groups in total. The van der Waals surface area contributed by atoms with Crippen molar-refractivity contribution in [3.63, 3.8) is 0 Å². The fourth-order valence-corrected chi connectivity index (χ4v) is 8.47. The van der Waals surface area contributed by atoms with Crippen LogP contribution in [0.1, 0.15) is 56.1 Å². The Kier molecular flexibility index (Phi) is 6.35. The molecule has 0 radical (unpaired) electrons. The number of alkyl halides is 5. The van der Waals surface area contributed by atoms with Gasteiger partial charge in [0.15, 0.2) is 11.4 Å². The van der Waals surface area contributed by atoms with Crippen molar-refractivity contribution in [1.29, 1.82) is 5.26 Å². The van der Waals surface area contributed by atoms with Crippen LogP contribution in [-0.2, 0) is 4.79 Å². The third-order valence-corrected chi connectivity index (χ3v) is 10.5. The van der Waals surface area contributed by atoms with Crippen molar-refractivity contribution >= 4 is 5.78 Å². The summed E-state index contributed by atoms with van der Waals surface area (Å²) < 4.78 is 71.4. The molecule has 4 aliphatic carbocycles. The maximum absolute atomic E-state index is 15.1. The molecule has 0 bridgehead atoms. The van der Waals surface area contributed by atoms with Gasteiger partial charge in [0.25, 0.3) is 0 Å². The highest BCUT2D eigenvalue weighted by molar-refractivity contribution is 5.91. The number of carbonyl (C=O) groups excluding carboxylic acids is 1. The molecule has 4 unspecified atom stereocenters. The summed E-state index contributed by atoms with van der Waals surface area (Å²) in [6.45, 7) is 1.39. The molecule has 214 valence electrons. The van der Waals surface area contributed by atoms with E-state index >= 15 is 8.78 Å². The summed E-state index contributed by atoms with van der Waals surface area (Å²) in [5.41, 5.74) is -0.977. The average molecular weight is 568 g/mol. The van der Waals surface area contributed by atoms with Crippen LogP contribution in [0.2, 0.25) is 0 Å². The molecular formula is C33H30F5NO2. The first-order chi connectivity index (χ1) is 19.3. The number of carbonyl (C=O) groups is 1. The summed E-state index contributed by atoms with van der Waals surface area (Å²) in [7, 11) is 0. The van der Waals surface area contributed by atoms with Crippen molar-refractivity contribution in [2.24, 2.45) is 29.1 Å². The van der Waals surface area contributed by atoms with Crippen molar-refractivity contribution in [2.45, 2.75) is 62.6 Å². The minimum Gasteiger partial charge on any atom is -0.378 e. The number of fused-ring (bicyclic) bond motifs is 5. The van der Waals surface area contributed by atoms with E-state index in [0.29, 0.717) is 37.3 Å². The Morgan fingerprint density at radius 2 is 1.56 bits per heavy atom. The highest BCUT2D eigenvalue weighted by Gasteiger charge is 2.78. The number of nitrogens with zero attached hydrogens (tertiary/aromatic N) is 1. The highest BCUT2D eigenvalue weighted by Crippen LogP contribution is 2.69. The van der Waals surface area contributed by atoms with E-state index in [9.17, 15) is 23.1 Å². The van der Waals surface area contributed by atoms with Gasteiger partial charge in [0.05, 0.1) is 11.6 Å². The largest absolute Gasteiger partial charge is 0.456 e. The van der Waals surface area contributed by atoms with Crippen molar-refractivity contribution in [2.75, 3.05) is 0 Å². The summed E-state index contributed by atoms with van der Waals surface area (Å²) in [6, 6.07) is 16.8. The molecule has 8 heteroatoms. The molecule has 7 atom stereocenters. The van der Waals surface area contributed by atoms with E-state index in [-0.39, 0.29) is 30.0 Å². The second kappa shape index (κ2) is 9.35. The molecule has 2 fully saturated rings. The minimum atomic E-state index is -5.91. The van der Waals surface area contributed by atoms with Gasteiger partial charge in [-0.15, -0.1) is 0 Å². The van der Waals surface area contributed by atoms with E-state index in [1.165, 1.54) is 13.0 Å². The van der Waals surface area contributed by atoms with Gasteiger partial charge in [-0.05, 0) is 96.2 Å². The Balaban J connectivity index is 1.43. The Morgan fingerprint density at radius 3 is 2.17 bits per heavy atom. The number of nitriles is 1. The molecule has 4 aliphatic rings. The molecule has 0 spiro atoms. The Hall–Kier alpha value is -3.31. The van der Waals surface area contributed by atoms with E-state index in [1.807, 2.05) is 36.4 Å². The number of aliphatic hydroxyl groups is 1. The number of hydrogen-bond acceptors (Lipinski definition) is 3. The van der Waals surface area contributed by atoms with Crippen LogP contribution < -0.4 is 0 Å². The lowest BCUT2D eigenvalue weighted by Crippen LogP contribution is -2.66. The van der Waals surface area contributed by atoms with E-state index in [2.05, 4.69) is 6.07 Å². The Labute approximate surface area is 235 Å². The molecule has 41 heavy (non-hydrogen) atoms. The number of halogens is 5. The van der Waals surface area contributed by atoms with E-state index in [4.69, 9.17) is 5.26 Å². The number of rotatable bonds is 3. The molecular weight excluding hydrogens is 537 g/mol. The SMILES string of the molecule is C[C@]12C[C@H](c3ccc(-c4ccc(C#N)cc4)cc3)C3C4CCC(=O)C=C4CCC3C1C=C[C@]2(O)C(F)(F)C(F)(F)F. The molecule has 3 nitrogen and oxygen atoms in total. The first kappa shape index (κ1) is 27.8. The van der Waals surface area contributed by atoms with Crippen LogP contribution in [0.15, 0.2) is 72.3 Å². The number of benzene rings is 2. The molecule has 2 saturated carbocycles. The lowest BCUT2D eigenvalue weighted by molar-refractivity contribution is -0.354. The molecule has 0 aromatic heterocycles. The lowest BCUT2D eigenvalue weighted by atomic mass is 9.46. The zero-order valence-corrected chi connectivity index (χ0v) is 22.5. The quantitative estimate of drug-likeness (QED) is 0.305. The number of hydrogen-bond donors (Lipinski definition) is 1. The molecule has 0 aliphatic heterocycles. The van der Waals surface area contributed by atoms with Gasteiger partial charge in [-0.25, -0.2) is 0 Å². The predicted octanol–water partition coefficient (Wildman–Crippen LogP) is 7.77. The second-order valence-electron chi connectivity index (χ2n) is 12.4. The third kappa shape index (κ3) is 4.03. The van der Waals surface area contributed by atoms with Gasteiger partial charge in [-0.3, -0.25) is 4.79 Å². The average Bonchev–Trinajstić information content (AvgIpc) is 3.23. The summed E-state index contributed by atoms with van der Waals surface area (Å²) in [5, 5.41) is 20.4. The van der Waals surface area contributed by atoms with Gasteiger partial charge in [0, 0.05) is 11.8 Å². The van der Waals surface area contributed by atoms with Gasteiger partial charge in [-0.2, -0.15) is 27.2 Å². The zero-order valence-electron chi connectivity index (χ0n) is 22.5. The summed E-state index contributed by atoms with van der Waals surface area (Å²) >= 11 is 0. The van der Waals surface area contributed by atoms with Crippen LogP contribution in [0.4, 0.5) is 22.0 Å². The molecule has 2 aromatic carbocycles. The third-order valence-electron chi connectivity index (χ3n) is 10.5. The molecule has 0 heterocycles. The fraction of sp³-hybridized carbons (Fsp3) is 0.455. The van der Waals surface area contributed by atoms with Gasteiger partial charge < -0.3 is 5.11 Å². The van der Waals surface area contributed by atoms with E-state index in [1.54, 1.807) is 18.2 Å². The zero-order chi connectivity index (χ0) is 29.4. The van der Waals surface area contributed by atoms with Crippen LogP contribution in [0, 0.1) is 40.4 Å². The molecule has 0 saturated heterocycles. The first-order valence-electron chi connectivity index (χ1n) is 14.0. The minimum absolute atomic E-state index is 0.0319. The van der Waals surface area contributed by atoms with Gasteiger partial charge in [-0.1, -0.05) is 55.0 Å². The number of allylic oxidation sites excluding steroid dienone is 3. The van der Waals surface area contributed by atoms with Crippen LogP contribution in [0.3, 0.4) is 0 Å². The molecule has 2 aromatic rings. The standard InChI is InChI=1S/C33H30F5NO2/c1-30-17-27(22-8-6-21(7-9-22)20-4-2-19(18-39)3-5-20)29-25-13-11-24(40)16-23(25)10-12-26(29)28(30)14-15-31(30,41)32(34,35)33(36,37)38/h2-9,14-16,25-29,41H,10-13,17H2,1H3/t25?,26?,27-,28?,29?,30+,31-/m1/s1. The highest BCUT2D eigenvalue weighted by atomic mass is 19.4. The van der Waals surface area contributed by atoms with Crippen molar-refractivity contribution in [1.82, 2.24) is 0 Å². The maximum atomic E-state index is 15.1. The van der Waals surface area contributed by atoms with Crippen LogP contribution in [0.25, 0.3) is 11.1 Å². The van der Waals surface area contributed by atoms with Gasteiger partial charge >= 0.3 is 12.1 Å². The van der Waals surface area contributed by atoms with Crippen molar-refractivity contribution in [3.8, 4) is 17.2 Å². The lowest BCUT2D eigenvalue weighted by Gasteiger charge is -2.59. The van der Waals surface area contributed by atoms with Crippen LogP contribution in [0.5, 0.6) is 0 Å². The fourth-order valence-electron chi connectivity index (χ4n) is 8.47. The second-order valence-corrected chi connectivity index (χ2v) is 12.4. The monoisotopic (exact) mass is 567 g/mol. The number of ketones is 1. The van der Waals surface area contributed by atoms with Crippen LogP contribution >= 0.6 is 0 Å². The normalized spacial score (nSPS) is 34.7. The summed E-state index contributed by atoms with van der Waals surface area (Å²) in [5.74, 6) is -6.56. The van der Waals surface area contributed by atoms with Crippen LogP contribution in [-0.4, -0.2) is 28.6 Å². The van der Waals surface area contributed by atoms with Crippen molar-refractivity contribution in [3.05, 3.63) is 83.5 Å². The summed E-state index contributed by atoms with van der Waals surface area (Å²) in [6.07, 6.45) is 0.0276. The topological polar surface area (TPSA) is 61.1 Å². The maximum Gasteiger partial charge on any atom is 0.456 e. The van der Waals surface area contributed by atoms with E-state index < -0.39 is 35.0 Å². The summed E-state index contributed by atoms with van der Waals surface area (Å²) in [4.78, 5) is 12.2. The Morgan fingerprint density at radius 1 is 0.927 bits per heavy atom. The van der Waals surface area contributed by atoms with Gasteiger partial charge in [0.1, 0.15) is 0 Å². The van der Waals surface area contributed by atoms with E-state index in [0.717, 1.165) is 22.3 Å². The predicted molar refractivity (Wildman–Crippen MR) is 143 cm³/mol. The molecule has 0 amide bonds. The first-order valence-corrected chi connectivity index (χ1v) is 14.0. The molecule has 6 rings (SSSR count). The van der Waals surface area contributed by atoms with Crippen molar-refractivity contribution < 1.29 is 31.9 Å². The van der Waals surface area contributed by atoms with Gasteiger partial charge in [0.2, 0.25) is 0 Å².